The zero-order chi connectivity index (χ0) is 11.3. The predicted octanol–water partition coefficient (Wildman–Crippen LogP) is 2.10. The van der Waals surface area contributed by atoms with E-state index in [1.165, 1.54) is 0 Å². The van der Waals surface area contributed by atoms with Gasteiger partial charge in [0, 0.05) is 11.6 Å². The minimum Gasteiger partial charge on any atom is -0.481 e. The average molecular weight is 225 g/mol. The van der Waals surface area contributed by atoms with Crippen molar-refractivity contribution in [1.82, 2.24) is 0 Å². The molecule has 0 saturated carbocycles. The fraction of sp³-hybridized carbons (Fsp3) is 0.200. The molecular weight excluding hydrogens is 216 g/mol. The van der Waals surface area contributed by atoms with Crippen LogP contribution in [0.15, 0.2) is 18.2 Å². The second kappa shape index (κ2) is 5.23. The summed E-state index contributed by atoms with van der Waals surface area (Å²) in [5, 5.41) is 20.6. The Labute approximate surface area is 92.1 Å². The van der Waals surface area contributed by atoms with Gasteiger partial charge in [0.25, 0.3) is 0 Å². The van der Waals surface area contributed by atoms with Crippen molar-refractivity contribution >= 4 is 23.3 Å². The molecule has 5 heteroatoms. The number of rotatable bonds is 4. The van der Waals surface area contributed by atoms with Crippen molar-refractivity contribution in [3.63, 3.8) is 0 Å². The Morgan fingerprint density at radius 3 is 2.93 bits per heavy atom. The minimum atomic E-state index is -0.886. The topological polar surface area (TPSA) is 73.1 Å². The number of carboxylic acid groups (broad SMARTS) is 1. The lowest BCUT2D eigenvalue weighted by Gasteiger charge is -2.06. The standard InChI is InChI=1S/C10H9ClN2O2/c11-8-2-1-7(6-12)9(5-8)13-4-3-10(14)15/h1-2,5,13H,3-4H2,(H,14,15). The van der Waals surface area contributed by atoms with E-state index in [1.54, 1.807) is 18.2 Å². The molecule has 2 N–H and O–H groups in total. The van der Waals surface area contributed by atoms with Crippen LogP contribution in [-0.4, -0.2) is 17.6 Å². The first kappa shape index (κ1) is 11.3. The molecule has 0 aliphatic heterocycles. The van der Waals surface area contributed by atoms with Crippen LogP contribution in [0.1, 0.15) is 12.0 Å². The quantitative estimate of drug-likeness (QED) is 0.822. The summed E-state index contributed by atoms with van der Waals surface area (Å²) in [5.41, 5.74) is 1.01. The van der Waals surface area contributed by atoms with Crippen molar-refractivity contribution in [2.45, 2.75) is 6.42 Å². The van der Waals surface area contributed by atoms with Crippen LogP contribution in [0.3, 0.4) is 0 Å². The van der Waals surface area contributed by atoms with Gasteiger partial charge in [-0.3, -0.25) is 4.79 Å². The summed E-state index contributed by atoms with van der Waals surface area (Å²) in [7, 11) is 0. The maximum absolute atomic E-state index is 10.3. The Morgan fingerprint density at radius 2 is 2.33 bits per heavy atom. The first-order chi connectivity index (χ1) is 7.13. The summed E-state index contributed by atoms with van der Waals surface area (Å²) in [6.07, 6.45) is -0.00260. The van der Waals surface area contributed by atoms with Crippen LogP contribution in [0, 0.1) is 11.3 Å². The summed E-state index contributed by atoms with van der Waals surface area (Å²) in [6.45, 7) is 0.268. The lowest BCUT2D eigenvalue weighted by atomic mass is 10.2. The van der Waals surface area contributed by atoms with Crippen molar-refractivity contribution < 1.29 is 9.90 Å². The lowest BCUT2D eigenvalue weighted by Crippen LogP contribution is -2.08. The van der Waals surface area contributed by atoms with Crippen LogP contribution in [0.5, 0.6) is 0 Å². The van der Waals surface area contributed by atoms with Gasteiger partial charge in [-0.05, 0) is 18.2 Å². The number of carboxylic acids is 1. The molecule has 0 aliphatic rings. The van der Waals surface area contributed by atoms with Gasteiger partial charge in [0.15, 0.2) is 0 Å². The molecule has 0 bridgehead atoms. The minimum absolute atomic E-state index is 0.00260. The molecule has 0 amide bonds. The second-order valence-electron chi connectivity index (χ2n) is 2.87. The Morgan fingerprint density at radius 1 is 1.60 bits per heavy atom. The van der Waals surface area contributed by atoms with Gasteiger partial charge in [0.1, 0.15) is 6.07 Å². The first-order valence-electron chi connectivity index (χ1n) is 4.29. The Kier molecular flexibility index (Phi) is 3.95. The van der Waals surface area contributed by atoms with Crippen LogP contribution >= 0.6 is 11.6 Å². The van der Waals surface area contributed by atoms with Crippen molar-refractivity contribution in [3.05, 3.63) is 28.8 Å². The van der Waals surface area contributed by atoms with Gasteiger partial charge in [-0.1, -0.05) is 11.6 Å². The molecule has 15 heavy (non-hydrogen) atoms. The van der Waals surface area contributed by atoms with Gasteiger partial charge < -0.3 is 10.4 Å². The zero-order valence-corrected chi connectivity index (χ0v) is 8.58. The summed E-state index contributed by atoms with van der Waals surface area (Å²) >= 11 is 5.75. The molecule has 0 atom stereocenters. The summed E-state index contributed by atoms with van der Waals surface area (Å²) in [6, 6.07) is 6.79. The molecule has 0 heterocycles. The predicted molar refractivity (Wildman–Crippen MR) is 56.9 cm³/mol. The summed E-state index contributed by atoms with van der Waals surface area (Å²) in [4.78, 5) is 10.3. The highest BCUT2D eigenvalue weighted by atomic mass is 35.5. The molecule has 1 aromatic carbocycles. The molecule has 4 nitrogen and oxygen atoms in total. The largest absolute Gasteiger partial charge is 0.481 e. The van der Waals surface area contributed by atoms with E-state index in [-0.39, 0.29) is 13.0 Å². The highest BCUT2D eigenvalue weighted by molar-refractivity contribution is 6.30. The van der Waals surface area contributed by atoms with Gasteiger partial charge in [0.2, 0.25) is 0 Å². The molecule has 0 spiro atoms. The van der Waals surface area contributed by atoms with Crippen LogP contribution in [0.2, 0.25) is 5.02 Å². The van der Waals surface area contributed by atoms with Crippen LogP contribution in [0.25, 0.3) is 0 Å². The average Bonchev–Trinajstić information content (AvgIpc) is 2.17. The highest BCUT2D eigenvalue weighted by Gasteiger charge is 2.03. The molecule has 0 unspecified atom stereocenters. The number of nitriles is 1. The Balaban J connectivity index is 2.71. The lowest BCUT2D eigenvalue weighted by molar-refractivity contribution is -0.136. The molecule has 1 rings (SSSR count). The third-order valence-corrected chi connectivity index (χ3v) is 1.99. The molecule has 0 aliphatic carbocycles. The number of hydrogen-bond acceptors (Lipinski definition) is 3. The molecule has 78 valence electrons. The van der Waals surface area contributed by atoms with Gasteiger partial charge in [-0.25, -0.2) is 0 Å². The van der Waals surface area contributed by atoms with E-state index < -0.39 is 5.97 Å². The van der Waals surface area contributed by atoms with Gasteiger partial charge >= 0.3 is 5.97 Å². The number of hydrogen-bond donors (Lipinski definition) is 2. The van der Waals surface area contributed by atoms with E-state index in [4.69, 9.17) is 22.0 Å². The van der Waals surface area contributed by atoms with Crippen molar-refractivity contribution in [1.29, 1.82) is 5.26 Å². The van der Waals surface area contributed by atoms with E-state index in [0.717, 1.165) is 0 Å². The summed E-state index contributed by atoms with van der Waals surface area (Å²) in [5.74, 6) is -0.886. The van der Waals surface area contributed by atoms with Crippen LogP contribution < -0.4 is 5.32 Å². The zero-order valence-electron chi connectivity index (χ0n) is 7.83. The van der Waals surface area contributed by atoms with E-state index in [2.05, 4.69) is 5.32 Å². The SMILES string of the molecule is N#Cc1ccc(Cl)cc1NCCC(=O)O. The molecule has 0 aromatic heterocycles. The third kappa shape index (κ3) is 3.49. The van der Waals surface area contributed by atoms with Crippen LogP contribution in [-0.2, 0) is 4.79 Å². The smallest absolute Gasteiger partial charge is 0.305 e. The number of aliphatic carboxylic acids is 1. The van der Waals surface area contributed by atoms with Gasteiger partial charge in [0.05, 0.1) is 17.7 Å². The molecule has 0 fully saturated rings. The van der Waals surface area contributed by atoms with Gasteiger partial charge in [-0.15, -0.1) is 0 Å². The van der Waals surface area contributed by atoms with E-state index in [0.29, 0.717) is 16.3 Å². The van der Waals surface area contributed by atoms with E-state index >= 15 is 0 Å². The van der Waals surface area contributed by atoms with Crippen molar-refractivity contribution in [3.8, 4) is 6.07 Å². The maximum atomic E-state index is 10.3. The monoisotopic (exact) mass is 224 g/mol. The highest BCUT2D eigenvalue weighted by Crippen LogP contribution is 2.20. The van der Waals surface area contributed by atoms with Crippen molar-refractivity contribution in [2.75, 3.05) is 11.9 Å². The number of anilines is 1. The number of carbonyl (C=O) groups is 1. The maximum Gasteiger partial charge on any atom is 0.305 e. The molecule has 0 saturated heterocycles. The van der Waals surface area contributed by atoms with Crippen molar-refractivity contribution in [2.24, 2.45) is 0 Å². The molecule has 1 aromatic rings. The summed E-state index contributed by atoms with van der Waals surface area (Å²) < 4.78 is 0. The number of nitrogens with one attached hydrogen (secondary N) is 1. The number of nitrogens with zero attached hydrogens (tertiary/aromatic N) is 1. The third-order valence-electron chi connectivity index (χ3n) is 1.76. The molecule has 0 radical (unpaired) electrons. The van der Waals surface area contributed by atoms with Crippen LogP contribution in [0.4, 0.5) is 5.69 Å². The van der Waals surface area contributed by atoms with Gasteiger partial charge in [-0.2, -0.15) is 5.26 Å². The molecular formula is C10H9ClN2O2. The normalized spacial score (nSPS) is 9.33. The van der Waals surface area contributed by atoms with E-state index in [9.17, 15) is 4.79 Å². The fourth-order valence-electron chi connectivity index (χ4n) is 1.06. The number of benzene rings is 1. The van der Waals surface area contributed by atoms with E-state index in [1.807, 2.05) is 6.07 Å². The fourth-order valence-corrected chi connectivity index (χ4v) is 1.24. The Bertz CT molecular complexity index is 412. The first-order valence-corrected chi connectivity index (χ1v) is 4.66. The second-order valence-corrected chi connectivity index (χ2v) is 3.31. The number of halogens is 1. The Hall–Kier alpha value is -1.73.